The van der Waals surface area contributed by atoms with Gasteiger partial charge in [0.2, 0.25) is 0 Å². The predicted molar refractivity (Wildman–Crippen MR) is 76.8 cm³/mol. The Bertz CT molecular complexity index is 666. The third kappa shape index (κ3) is 3.26. The molecule has 104 valence electrons. The maximum absolute atomic E-state index is 13.6. The van der Waals surface area contributed by atoms with E-state index in [0.717, 1.165) is 0 Å². The molecule has 0 unspecified atom stereocenters. The molecule has 0 spiro atoms. The standard InChI is InChI=1S/C13H8BrClFNO3/c14-9-1-3-11(16)13(6-9)20-12-4-2-10(17(18)19)5-8(12)7-15/h1-6H,7H2. The molecule has 0 aliphatic rings. The minimum absolute atomic E-state index is 0.0135. The van der Waals surface area contributed by atoms with Gasteiger partial charge in [0.15, 0.2) is 11.6 Å². The molecule has 4 nitrogen and oxygen atoms in total. The number of nitro benzene ring substituents is 1. The van der Waals surface area contributed by atoms with E-state index < -0.39 is 10.7 Å². The number of nitrogens with zero attached hydrogens (tertiary/aromatic N) is 1. The molecule has 0 heterocycles. The number of hydrogen-bond acceptors (Lipinski definition) is 3. The highest BCUT2D eigenvalue weighted by Gasteiger charge is 2.13. The summed E-state index contributed by atoms with van der Waals surface area (Å²) in [4.78, 5) is 10.2. The second kappa shape index (κ2) is 6.19. The van der Waals surface area contributed by atoms with Gasteiger partial charge in [-0.1, -0.05) is 15.9 Å². The van der Waals surface area contributed by atoms with E-state index in [1.807, 2.05) is 0 Å². The van der Waals surface area contributed by atoms with Crippen LogP contribution in [-0.2, 0) is 5.88 Å². The van der Waals surface area contributed by atoms with Crippen molar-refractivity contribution in [2.75, 3.05) is 0 Å². The highest BCUT2D eigenvalue weighted by Crippen LogP contribution is 2.32. The lowest BCUT2D eigenvalue weighted by Crippen LogP contribution is -1.95. The fourth-order valence-corrected chi connectivity index (χ4v) is 2.11. The van der Waals surface area contributed by atoms with Crippen molar-refractivity contribution in [3.63, 3.8) is 0 Å². The third-order valence-electron chi connectivity index (χ3n) is 2.51. The van der Waals surface area contributed by atoms with Crippen molar-refractivity contribution in [2.24, 2.45) is 0 Å². The average molecular weight is 361 g/mol. The van der Waals surface area contributed by atoms with Crippen LogP contribution in [0.3, 0.4) is 0 Å². The molecule has 0 amide bonds. The van der Waals surface area contributed by atoms with Gasteiger partial charge in [-0.3, -0.25) is 10.1 Å². The van der Waals surface area contributed by atoms with Gasteiger partial charge in [-0.25, -0.2) is 4.39 Å². The molecule has 0 N–H and O–H groups in total. The molecule has 0 fully saturated rings. The maximum atomic E-state index is 13.6. The van der Waals surface area contributed by atoms with Crippen LogP contribution in [0.5, 0.6) is 11.5 Å². The van der Waals surface area contributed by atoms with E-state index in [0.29, 0.717) is 10.0 Å². The van der Waals surface area contributed by atoms with Crippen LogP contribution in [0.2, 0.25) is 0 Å². The van der Waals surface area contributed by atoms with E-state index in [9.17, 15) is 14.5 Å². The molecule has 0 saturated carbocycles. The van der Waals surface area contributed by atoms with Gasteiger partial charge in [-0.05, 0) is 24.3 Å². The van der Waals surface area contributed by atoms with Gasteiger partial charge in [0.1, 0.15) is 5.75 Å². The molecular weight excluding hydrogens is 353 g/mol. The lowest BCUT2D eigenvalue weighted by Gasteiger charge is -2.10. The third-order valence-corrected chi connectivity index (χ3v) is 3.29. The number of non-ortho nitro benzene ring substituents is 1. The Hall–Kier alpha value is -1.66. The summed E-state index contributed by atoms with van der Waals surface area (Å²) in [6, 6.07) is 8.25. The molecular formula is C13H8BrClFNO3. The summed E-state index contributed by atoms with van der Waals surface area (Å²) >= 11 is 8.95. The zero-order valence-electron chi connectivity index (χ0n) is 9.98. The fraction of sp³-hybridized carbons (Fsp3) is 0.0769. The van der Waals surface area contributed by atoms with Crippen molar-refractivity contribution in [2.45, 2.75) is 5.88 Å². The summed E-state index contributed by atoms with van der Waals surface area (Å²) in [6.45, 7) is 0. The molecule has 2 rings (SSSR count). The van der Waals surface area contributed by atoms with E-state index >= 15 is 0 Å². The summed E-state index contributed by atoms with van der Waals surface area (Å²) < 4.78 is 19.7. The highest BCUT2D eigenvalue weighted by atomic mass is 79.9. The Kier molecular flexibility index (Phi) is 4.57. The first kappa shape index (κ1) is 14.7. The first-order valence-corrected chi connectivity index (χ1v) is 6.80. The molecule has 0 aliphatic heterocycles. The molecule has 0 bridgehead atoms. The summed E-state index contributed by atoms with van der Waals surface area (Å²) in [5, 5.41) is 10.7. The summed E-state index contributed by atoms with van der Waals surface area (Å²) in [5.41, 5.74) is 0.322. The molecule has 7 heteroatoms. The highest BCUT2D eigenvalue weighted by molar-refractivity contribution is 9.10. The van der Waals surface area contributed by atoms with Gasteiger partial charge >= 0.3 is 0 Å². The first-order valence-electron chi connectivity index (χ1n) is 5.47. The van der Waals surface area contributed by atoms with Gasteiger partial charge in [0.05, 0.1) is 10.8 Å². The number of hydrogen-bond donors (Lipinski definition) is 0. The van der Waals surface area contributed by atoms with Crippen LogP contribution in [-0.4, -0.2) is 4.92 Å². The van der Waals surface area contributed by atoms with Gasteiger partial charge < -0.3 is 4.74 Å². The normalized spacial score (nSPS) is 10.3. The fourth-order valence-electron chi connectivity index (χ4n) is 1.56. The van der Waals surface area contributed by atoms with Crippen LogP contribution in [0.4, 0.5) is 10.1 Å². The van der Waals surface area contributed by atoms with E-state index in [4.69, 9.17) is 16.3 Å². The van der Waals surface area contributed by atoms with Gasteiger partial charge in [-0.2, -0.15) is 0 Å². The average Bonchev–Trinajstić information content (AvgIpc) is 2.43. The lowest BCUT2D eigenvalue weighted by atomic mass is 10.2. The smallest absolute Gasteiger partial charge is 0.270 e. The molecule has 0 radical (unpaired) electrons. The van der Waals surface area contributed by atoms with Crippen LogP contribution >= 0.6 is 27.5 Å². The molecule has 2 aromatic carbocycles. The van der Waals surface area contributed by atoms with Crippen LogP contribution < -0.4 is 4.74 Å². The number of rotatable bonds is 4. The van der Waals surface area contributed by atoms with Gasteiger partial charge in [0.25, 0.3) is 5.69 Å². The Morgan fingerprint density at radius 2 is 2.00 bits per heavy atom. The van der Waals surface area contributed by atoms with E-state index in [-0.39, 0.29) is 23.1 Å². The number of ether oxygens (including phenoxy) is 1. The Labute approximate surface area is 127 Å². The van der Waals surface area contributed by atoms with Crippen molar-refractivity contribution in [1.82, 2.24) is 0 Å². The zero-order valence-corrected chi connectivity index (χ0v) is 12.3. The van der Waals surface area contributed by atoms with Crippen LogP contribution in [0.1, 0.15) is 5.56 Å². The Morgan fingerprint density at radius 3 is 2.65 bits per heavy atom. The number of nitro groups is 1. The van der Waals surface area contributed by atoms with Crippen LogP contribution in [0.15, 0.2) is 40.9 Å². The SMILES string of the molecule is O=[N+]([O-])c1ccc(Oc2cc(Br)ccc2F)c(CCl)c1. The second-order valence-corrected chi connectivity index (χ2v) is 5.04. The maximum Gasteiger partial charge on any atom is 0.270 e. The van der Waals surface area contributed by atoms with Gasteiger partial charge in [-0.15, -0.1) is 11.6 Å². The van der Waals surface area contributed by atoms with Crippen molar-refractivity contribution in [3.05, 3.63) is 62.4 Å². The molecule has 2 aromatic rings. The van der Waals surface area contributed by atoms with Crippen LogP contribution in [0.25, 0.3) is 0 Å². The number of benzene rings is 2. The first-order chi connectivity index (χ1) is 9.51. The molecule has 0 aromatic heterocycles. The Balaban J connectivity index is 2.38. The minimum Gasteiger partial charge on any atom is -0.454 e. The second-order valence-electron chi connectivity index (χ2n) is 3.86. The number of alkyl halides is 1. The summed E-state index contributed by atoms with van der Waals surface area (Å²) in [5.74, 6) is -0.221. The topological polar surface area (TPSA) is 52.4 Å². The van der Waals surface area contributed by atoms with Crippen molar-refractivity contribution in [3.8, 4) is 11.5 Å². The lowest BCUT2D eigenvalue weighted by molar-refractivity contribution is -0.384. The van der Waals surface area contributed by atoms with Crippen molar-refractivity contribution in [1.29, 1.82) is 0 Å². The zero-order chi connectivity index (χ0) is 14.7. The van der Waals surface area contributed by atoms with Gasteiger partial charge in [0, 0.05) is 22.2 Å². The molecule has 20 heavy (non-hydrogen) atoms. The van der Waals surface area contributed by atoms with E-state index in [1.165, 1.54) is 30.3 Å². The molecule has 0 atom stereocenters. The quantitative estimate of drug-likeness (QED) is 0.436. The molecule has 0 saturated heterocycles. The minimum atomic E-state index is -0.535. The van der Waals surface area contributed by atoms with E-state index in [1.54, 1.807) is 6.07 Å². The molecule has 0 aliphatic carbocycles. The van der Waals surface area contributed by atoms with Crippen molar-refractivity contribution >= 4 is 33.2 Å². The summed E-state index contributed by atoms with van der Waals surface area (Å²) in [7, 11) is 0. The summed E-state index contributed by atoms with van der Waals surface area (Å²) in [6.07, 6.45) is 0. The largest absolute Gasteiger partial charge is 0.454 e. The van der Waals surface area contributed by atoms with Crippen molar-refractivity contribution < 1.29 is 14.1 Å². The monoisotopic (exact) mass is 359 g/mol. The Morgan fingerprint density at radius 1 is 1.25 bits per heavy atom. The van der Waals surface area contributed by atoms with E-state index in [2.05, 4.69) is 15.9 Å². The van der Waals surface area contributed by atoms with Crippen LogP contribution in [0, 0.1) is 15.9 Å². The number of halogens is 3. The predicted octanol–water partition coefficient (Wildman–Crippen LogP) is 5.03.